The van der Waals surface area contributed by atoms with Crippen molar-refractivity contribution in [3.63, 3.8) is 0 Å². The second-order valence-electron chi connectivity index (χ2n) is 4.11. The van der Waals surface area contributed by atoms with Gasteiger partial charge in [-0.2, -0.15) is 0 Å². The Morgan fingerprint density at radius 1 is 0.895 bits per heavy atom. The van der Waals surface area contributed by atoms with Crippen LogP contribution in [0.25, 0.3) is 0 Å². The molecule has 0 aliphatic carbocycles. The topological polar surface area (TPSA) is 34.1 Å². The van der Waals surface area contributed by atoms with Crippen LogP contribution < -0.4 is 10.6 Å². The van der Waals surface area contributed by atoms with Gasteiger partial charge in [-0.25, -0.2) is 0 Å². The first-order valence-electron chi connectivity index (χ1n) is 6.19. The maximum atomic E-state index is 12.4. The lowest BCUT2D eigenvalue weighted by molar-refractivity contribution is -0.114. The van der Waals surface area contributed by atoms with Gasteiger partial charge in [-0.05, 0) is 10.6 Å². The van der Waals surface area contributed by atoms with Crippen molar-refractivity contribution in [1.82, 2.24) is 0 Å². The second-order valence-corrected chi connectivity index (χ2v) is 6.31. The molecule has 19 heavy (non-hydrogen) atoms. The number of hydrogen-bond acceptors (Lipinski definition) is 2. The normalized spacial score (nSPS) is 10.4. The Kier molecular flexibility index (Phi) is 5.00. The number of carbonyl (C=O) groups excluding carboxylic acids is 2. The summed E-state index contributed by atoms with van der Waals surface area (Å²) in [6.45, 7) is 0. The van der Waals surface area contributed by atoms with Crippen molar-refractivity contribution in [2.45, 2.75) is 12.8 Å². The van der Waals surface area contributed by atoms with Gasteiger partial charge in [0, 0.05) is 20.8 Å². The van der Waals surface area contributed by atoms with E-state index in [4.69, 9.17) is 0 Å². The SMILES string of the molecule is O=CCCC(=O)P(c1ccccc1)c1ccccc1. The number of aldehydes is 1. The zero-order valence-electron chi connectivity index (χ0n) is 10.5. The third kappa shape index (κ3) is 3.59. The molecule has 0 saturated carbocycles. The molecule has 2 aromatic carbocycles. The van der Waals surface area contributed by atoms with E-state index in [0.29, 0.717) is 12.8 Å². The van der Waals surface area contributed by atoms with Crippen molar-refractivity contribution < 1.29 is 9.59 Å². The van der Waals surface area contributed by atoms with Crippen molar-refractivity contribution >= 4 is 30.3 Å². The summed E-state index contributed by atoms with van der Waals surface area (Å²) in [4.78, 5) is 22.8. The van der Waals surface area contributed by atoms with Crippen molar-refractivity contribution in [1.29, 1.82) is 0 Å². The van der Waals surface area contributed by atoms with E-state index < -0.39 is 7.92 Å². The smallest absolute Gasteiger partial charge is 0.163 e. The third-order valence-corrected chi connectivity index (χ3v) is 5.11. The summed E-state index contributed by atoms with van der Waals surface area (Å²) in [6.07, 6.45) is 1.43. The standard InChI is InChI=1S/C16H15O2P/c17-13-7-12-16(18)19(14-8-3-1-4-9-14)15-10-5-2-6-11-15/h1-6,8-11,13H,7,12H2. The van der Waals surface area contributed by atoms with Crippen LogP contribution in [-0.4, -0.2) is 11.8 Å². The summed E-state index contributed by atoms with van der Waals surface area (Å²) < 4.78 is 0. The summed E-state index contributed by atoms with van der Waals surface area (Å²) in [5.74, 6) is 0. The molecule has 0 aliphatic heterocycles. The Labute approximate surface area is 114 Å². The highest BCUT2D eigenvalue weighted by molar-refractivity contribution is 7.87. The Hall–Kier alpha value is -1.79. The first-order chi connectivity index (χ1) is 9.33. The molecule has 0 atom stereocenters. The van der Waals surface area contributed by atoms with Gasteiger partial charge < -0.3 is 4.79 Å². The Morgan fingerprint density at radius 3 is 1.79 bits per heavy atom. The molecule has 0 aliphatic rings. The minimum atomic E-state index is -1.02. The second kappa shape index (κ2) is 6.96. The molecule has 0 aromatic heterocycles. The zero-order valence-corrected chi connectivity index (χ0v) is 11.4. The Balaban J connectivity index is 2.34. The van der Waals surface area contributed by atoms with Crippen LogP contribution >= 0.6 is 7.92 Å². The van der Waals surface area contributed by atoms with Crippen LogP contribution in [0.3, 0.4) is 0 Å². The first kappa shape index (κ1) is 13.6. The maximum absolute atomic E-state index is 12.4. The molecule has 3 heteroatoms. The van der Waals surface area contributed by atoms with Crippen LogP contribution in [0.1, 0.15) is 12.8 Å². The fraction of sp³-hybridized carbons (Fsp3) is 0.125. The highest BCUT2D eigenvalue weighted by atomic mass is 31.1. The molecule has 0 heterocycles. The van der Waals surface area contributed by atoms with Gasteiger partial charge in [-0.15, -0.1) is 0 Å². The highest BCUT2D eigenvalue weighted by Gasteiger charge is 2.21. The Bertz CT molecular complexity index is 498. The molecule has 0 fully saturated rings. The van der Waals surface area contributed by atoms with Gasteiger partial charge in [-0.3, -0.25) is 4.79 Å². The molecule has 2 aromatic rings. The van der Waals surface area contributed by atoms with Crippen LogP contribution in [0.2, 0.25) is 0 Å². The predicted molar refractivity (Wildman–Crippen MR) is 79.4 cm³/mol. The summed E-state index contributed by atoms with van der Waals surface area (Å²) >= 11 is 0. The van der Waals surface area contributed by atoms with Crippen LogP contribution in [0.5, 0.6) is 0 Å². The van der Waals surface area contributed by atoms with Gasteiger partial charge in [0.15, 0.2) is 5.52 Å². The summed E-state index contributed by atoms with van der Waals surface area (Å²) in [7, 11) is -1.02. The number of carbonyl (C=O) groups is 2. The summed E-state index contributed by atoms with van der Waals surface area (Å²) in [5.41, 5.74) is 0.152. The number of hydrogen-bond donors (Lipinski definition) is 0. The molecule has 0 radical (unpaired) electrons. The fourth-order valence-electron chi connectivity index (χ4n) is 1.89. The largest absolute Gasteiger partial charge is 0.303 e. The van der Waals surface area contributed by atoms with E-state index in [2.05, 4.69) is 0 Å². The van der Waals surface area contributed by atoms with Crippen LogP contribution in [-0.2, 0) is 9.59 Å². The van der Waals surface area contributed by atoms with Gasteiger partial charge in [0.25, 0.3) is 0 Å². The molecule has 2 rings (SSSR count). The lowest BCUT2D eigenvalue weighted by Gasteiger charge is -2.16. The van der Waals surface area contributed by atoms with E-state index in [0.717, 1.165) is 16.9 Å². The minimum absolute atomic E-state index is 0.152. The minimum Gasteiger partial charge on any atom is -0.303 e. The van der Waals surface area contributed by atoms with Gasteiger partial charge in [0.1, 0.15) is 6.29 Å². The number of rotatable bonds is 6. The maximum Gasteiger partial charge on any atom is 0.163 e. The van der Waals surface area contributed by atoms with Gasteiger partial charge in [0.2, 0.25) is 0 Å². The molecule has 96 valence electrons. The van der Waals surface area contributed by atoms with Crippen molar-refractivity contribution in [2.24, 2.45) is 0 Å². The molecular formula is C16H15O2P. The van der Waals surface area contributed by atoms with E-state index in [-0.39, 0.29) is 5.52 Å². The van der Waals surface area contributed by atoms with Gasteiger partial charge >= 0.3 is 0 Å². The molecule has 0 unspecified atom stereocenters. The van der Waals surface area contributed by atoms with Crippen molar-refractivity contribution in [2.75, 3.05) is 0 Å². The third-order valence-electron chi connectivity index (χ3n) is 2.75. The highest BCUT2D eigenvalue weighted by Crippen LogP contribution is 2.35. The fourth-order valence-corrected chi connectivity index (χ4v) is 4.05. The summed E-state index contributed by atoms with van der Waals surface area (Å²) in [6, 6.07) is 19.6. The Morgan fingerprint density at radius 2 is 1.37 bits per heavy atom. The molecule has 0 amide bonds. The monoisotopic (exact) mass is 270 g/mol. The molecule has 0 saturated heterocycles. The van der Waals surface area contributed by atoms with Crippen LogP contribution in [0.15, 0.2) is 60.7 Å². The predicted octanol–water partition coefficient (Wildman–Crippen LogP) is 2.63. The van der Waals surface area contributed by atoms with E-state index in [1.54, 1.807) is 0 Å². The average molecular weight is 270 g/mol. The first-order valence-corrected chi connectivity index (χ1v) is 7.54. The number of benzene rings is 2. The molecule has 2 nitrogen and oxygen atoms in total. The average Bonchev–Trinajstić information content (AvgIpc) is 2.47. The van der Waals surface area contributed by atoms with Crippen LogP contribution in [0.4, 0.5) is 0 Å². The molecule has 0 spiro atoms. The van der Waals surface area contributed by atoms with Crippen molar-refractivity contribution in [3.8, 4) is 0 Å². The van der Waals surface area contributed by atoms with E-state index in [1.165, 1.54) is 0 Å². The van der Waals surface area contributed by atoms with E-state index in [1.807, 2.05) is 60.7 Å². The van der Waals surface area contributed by atoms with E-state index >= 15 is 0 Å². The zero-order chi connectivity index (χ0) is 13.5. The summed E-state index contributed by atoms with van der Waals surface area (Å²) in [5, 5.41) is 2.08. The molecular weight excluding hydrogens is 255 g/mol. The van der Waals surface area contributed by atoms with Crippen LogP contribution in [0, 0.1) is 0 Å². The van der Waals surface area contributed by atoms with E-state index in [9.17, 15) is 9.59 Å². The quantitative estimate of drug-likeness (QED) is 0.597. The molecule has 0 N–H and O–H groups in total. The lowest BCUT2D eigenvalue weighted by atomic mass is 10.3. The van der Waals surface area contributed by atoms with Gasteiger partial charge in [0.05, 0.1) is 0 Å². The lowest BCUT2D eigenvalue weighted by Crippen LogP contribution is -2.17. The molecule has 0 bridgehead atoms. The van der Waals surface area contributed by atoms with Crippen molar-refractivity contribution in [3.05, 3.63) is 60.7 Å². The van der Waals surface area contributed by atoms with Gasteiger partial charge in [-0.1, -0.05) is 60.7 Å².